The largest absolute Gasteiger partial charge is 0.462 e. The van der Waals surface area contributed by atoms with Gasteiger partial charge in [-0.1, -0.05) is 19.9 Å². The Morgan fingerprint density at radius 1 is 1.33 bits per heavy atom. The molecule has 0 aliphatic carbocycles. The van der Waals surface area contributed by atoms with Crippen molar-refractivity contribution in [2.45, 2.75) is 40.0 Å². The second-order valence-corrected chi connectivity index (χ2v) is 5.84. The average molecular weight is 290 g/mol. The number of nitrogens with zero attached hydrogens (tertiary/aromatic N) is 1. The van der Waals surface area contributed by atoms with Crippen molar-refractivity contribution in [3.05, 3.63) is 23.8 Å². The van der Waals surface area contributed by atoms with Crippen LogP contribution in [-0.4, -0.2) is 25.7 Å². The Balaban J connectivity index is 2.26. The third-order valence-corrected chi connectivity index (χ3v) is 4.86. The number of benzene rings is 1. The summed E-state index contributed by atoms with van der Waals surface area (Å²) in [6.07, 6.45) is 3.54. The van der Waals surface area contributed by atoms with Crippen LogP contribution in [0.5, 0.6) is 0 Å². The molecular formula is C17H26N2O2. The van der Waals surface area contributed by atoms with Gasteiger partial charge in [0.05, 0.1) is 23.5 Å². The van der Waals surface area contributed by atoms with Crippen molar-refractivity contribution >= 4 is 17.3 Å². The van der Waals surface area contributed by atoms with Crippen LogP contribution in [-0.2, 0) is 4.74 Å². The van der Waals surface area contributed by atoms with Crippen molar-refractivity contribution in [2.24, 2.45) is 5.41 Å². The van der Waals surface area contributed by atoms with E-state index in [-0.39, 0.29) is 5.97 Å². The lowest BCUT2D eigenvalue weighted by atomic mass is 9.82. The van der Waals surface area contributed by atoms with Crippen LogP contribution < -0.4 is 10.6 Å². The molecule has 4 nitrogen and oxygen atoms in total. The van der Waals surface area contributed by atoms with Gasteiger partial charge in [0.15, 0.2) is 0 Å². The highest BCUT2D eigenvalue weighted by Gasteiger charge is 2.35. The number of hydrogen-bond acceptors (Lipinski definition) is 4. The number of nitrogen functional groups attached to an aromatic ring is 1. The first-order valence-electron chi connectivity index (χ1n) is 7.87. The molecule has 0 unspecified atom stereocenters. The molecule has 1 aromatic carbocycles. The van der Waals surface area contributed by atoms with Crippen LogP contribution in [0.1, 0.15) is 50.4 Å². The maximum Gasteiger partial charge on any atom is 0.340 e. The zero-order valence-electron chi connectivity index (χ0n) is 13.3. The Morgan fingerprint density at radius 3 is 2.62 bits per heavy atom. The monoisotopic (exact) mass is 290 g/mol. The molecule has 1 heterocycles. The Bertz CT molecular complexity index is 510. The fraction of sp³-hybridized carbons (Fsp3) is 0.588. The average Bonchev–Trinajstić information content (AvgIpc) is 2.92. The molecule has 1 aliphatic rings. The predicted octanol–water partition coefficient (Wildman–Crippen LogP) is 3.46. The molecular weight excluding hydrogens is 264 g/mol. The Hall–Kier alpha value is -1.71. The lowest BCUT2D eigenvalue weighted by molar-refractivity contribution is 0.0527. The van der Waals surface area contributed by atoms with E-state index in [1.165, 1.54) is 19.3 Å². The van der Waals surface area contributed by atoms with Gasteiger partial charge in [0.25, 0.3) is 0 Å². The number of esters is 1. The minimum absolute atomic E-state index is 0.340. The summed E-state index contributed by atoms with van der Waals surface area (Å²) in [7, 11) is 0. The maximum absolute atomic E-state index is 12.0. The molecule has 0 bridgehead atoms. The van der Waals surface area contributed by atoms with Crippen LogP contribution in [0.3, 0.4) is 0 Å². The van der Waals surface area contributed by atoms with Crippen LogP contribution in [0.15, 0.2) is 18.2 Å². The minimum atomic E-state index is -0.340. The molecule has 2 rings (SSSR count). The van der Waals surface area contributed by atoms with Crippen molar-refractivity contribution < 1.29 is 9.53 Å². The molecule has 116 valence electrons. The fourth-order valence-corrected chi connectivity index (χ4v) is 3.18. The summed E-state index contributed by atoms with van der Waals surface area (Å²) >= 11 is 0. The fourth-order valence-electron chi connectivity index (χ4n) is 3.18. The first-order valence-corrected chi connectivity index (χ1v) is 7.87. The van der Waals surface area contributed by atoms with Gasteiger partial charge in [-0.3, -0.25) is 0 Å². The molecule has 0 radical (unpaired) electrons. The maximum atomic E-state index is 12.0. The summed E-state index contributed by atoms with van der Waals surface area (Å²) in [6, 6.07) is 5.62. The zero-order chi connectivity index (χ0) is 15.5. The summed E-state index contributed by atoms with van der Waals surface area (Å²) in [5.41, 5.74) is 8.58. The molecule has 2 N–H and O–H groups in total. The molecule has 0 aromatic heterocycles. The normalized spacial score (nSPS) is 17.0. The van der Waals surface area contributed by atoms with E-state index in [4.69, 9.17) is 10.5 Å². The van der Waals surface area contributed by atoms with E-state index in [2.05, 4.69) is 18.7 Å². The van der Waals surface area contributed by atoms with E-state index < -0.39 is 0 Å². The number of hydrogen-bond donors (Lipinski definition) is 1. The van der Waals surface area contributed by atoms with E-state index in [0.717, 1.165) is 18.8 Å². The second-order valence-electron chi connectivity index (χ2n) is 5.84. The number of anilines is 2. The van der Waals surface area contributed by atoms with Gasteiger partial charge in [-0.25, -0.2) is 4.79 Å². The highest BCUT2D eigenvalue weighted by atomic mass is 16.5. The van der Waals surface area contributed by atoms with Crippen LogP contribution in [0.4, 0.5) is 11.4 Å². The molecule has 0 atom stereocenters. The molecule has 1 saturated heterocycles. The van der Waals surface area contributed by atoms with Crippen LogP contribution >= 0.6 is 0 Å². The van der Waals surface area contributed by atoms with Gasteiger partial charge in [-0.05, 0) is 43.7 Å². The predicted molar refractivity (Wildman–Crippen MR) is 86.7 cm³/mol. The van der Waals surface area contributed by atoms with Gasteiger partial charge >= 0.3 is 5.97 Å². The summed E-state index contributed by atoms with van der Waals surface area (Å²) in [6.45, 7) is 8.68. The number of rotatable bonds is 5. The third-order valence-electron chi connectivity index (χ3n) is 4.86. The van der Waals surface area contributed by atoms with Gasteiger partial charge in [0, 0.05) is 13.1 Å². The summed E-state index contributed by atoms with van der Waals surface area (Å²) in [5, 5.41) is 0. The van der Waals surface area contributed by atoms with E-state index in [0.29, 0.717) is 23.3 Å². The van der Waals surface area contributed by atoms with Gasteiger partial charge in [0.2, 0.25) is 0 Å². The van der Waals surface area contributed by atoms with E-state index in [1.807, 2.05) is 12.1 Å². The summed E-state index contributed by atoms with van der Waals surface area (Å²) in [5.74, 6) is -0.340. The highest BCUT2D eigenvalue weighted by molar-refractivity contribution is 5.98. The first kappa shape index (κ1) is 15.7. The molecule has 1 aromatic rings. The quantitative estimate of drug-likeness (QED) is 0.666. The Labute approximate surface area is 127 Å². The molecule has 1 aliphatic heterocycles. The van der Waals surface area contributed by atoms with E-state index in [1.54, 1.807) is 13.0 Å². The standard InChI is InChI=1S/C17H26N2O2/c1-4-17(5-2)10-11-19(12-17)14-9-7-8-13(15(14)18)16(20)21-6-3/h7-9H,4-6,10-12,18H2,1-3H3. The number of ether oxygens (including phenoxy) is 1. The lowest BCUT2D eigenvalue weighted by Crippen LogP contribution is -2.27. The molecule has 1 fully saturated rings. The van der Waals surface area contributed by atoms with Gasteiger partial charge in [-0.2, -0.15) is 0 Å². The van der Waals surface area contributed by atoms with Crippen LogP contribution in [0.25, 0.3) is 0 Å². The second kappa shape index (κ2) is 6.37. The first-order chi connectivity index (χ1) is 10.1. The smallest absolute Gasteiger partial charge is 0.340 e. The van der Waals surface area contributed by atoms with Crippen molar-refractivity contribution in [3.63, 3.8) is 0 Å². The number of carbonyl (C=O) groups is 1. The van der Waals surface area contributed by atoms with E-state index >= 15 is 0 Å². The van der Waals surface area contributed by atoms with Crippen molar-refractivity contribution in [3.8, 4) is 0 Å². The van der Waals surface area contributed by atoms with Crippen molar-refractivity contribution in [1.29, 1.82) is 0 Å². The summed E-state index contributed by atoms with van der Waals surface area (Å²) in [4.78, 5) is 14.3. The minimum Gasteiger partial charge on any atom is -0.462 e. The summed E-state index contributed by atoms with van der Waals surface area (Å²) < 4.78 is 5.07. The number of carbonyl (C=O) groups excluding carboxylic acids is 1. The zero-order valence-corrected chi connectivity index (χ0v) is 13.3. The SMILES string of the molecule is CCOC(=O)c1cccc(N2CCC(CC)(CC)C2)c1N. The third kappa shape index (κ3) is 2.99. The Kier molecular flexibility index (Phi) is 4.76. The molecule has 0 saturated carbocycles. The topological polar surface area (TPSA) is 55.6 Å². The molecule has 0 spiro atoms. The van der Waals surface area contributed by atoms with Crippen LogP contribution in [0, 0.1) is 5.41 Å². The number of nitrogens with two attached hydrogens (primary N) is 1. The molecule has 4 heteroatoms. The molecule has 0 amide bonds. The number of para-hydroxylation sites is 1. The van der Waals surface area contributed by atoms with Gasteiger partial charge in [0.1, 0.15) is 0 Å². The van der Waals surface area contributed by atoms with Crippen molar-refractivity contribution in [2.75, 3.05) is 30.3 Å². The van der Waals surface area contributed by atoms with Gasteiger partial charge < -0.3 is 15.4 Å². The molecule has 21 heavy (non-hydrogen) atoms. The lowest BCUT2D eigenvalue weighted by Gasteiger charge is -2.28. The van der Waals surface area contributed by atoms with Crippen molar-refractivity contribution in [1.82, 2.24) is 0 Å². The highest BCUT2D eigenvalue weighted by Crippen LogP contribution is 2.41. The van der Waals surface area contributed by atoms with E-state index in [9.17, 15) is 4.79 Å². The van der Waals surface area contributed by atoms with Gasteiger partial charge in [-0.15, -0.1) is 0 Å². The van der Waals surface area contributed by atoms with Crippen LogP contribution in [0.2, 0.25) is 0 Å². The Morgan fingerprint density at radius 2 is 2.05 bits per heavy atom.